The zero-order chi connectivity index (χ0) is 37.4. The Kier molecular flexibility index (Phi) is 10.9. The largest absolute Gasteiger partial charge is 0.454 e. The molecule has 4 aliphatic carbocycles. The number of fused-ring (bicyclic) bond motifs is 5. The third-order valence-corrected chi connectivity index (χ3v) is 15.0. The molecule has 0 unspecified atom stereocenters. The summed E-state index contributed by atoms with van der Waals surface area (Å²) in [5.74, 6) is -0.389. The first kappa shape index (κ1) is 40.0. The van der Waals surface area contributed by atoms with Crippen molar-refractivity contribution in [1.82, 2.24) is 0 Å². The van der Waals surface area contributed by atoms with E-state index in [1.165, 1.54) is 0 Å². The van der Waals surface area contributed by atoms with Crippen molar-refractivity contribution in [3.8, 4) is 0 Å². The number of hydrogen-bond donors (Lipinski definition) is 7. The number of esters is 1. The number of carbonyl (C=O) groups is 1. The Morgan fingerprint density at radius 1 is 0.900 bits per heavy atom. The molecule has 7 N–H and O–H groups in total. The molecule has 12 nitrogen and oxygen atoms in total. The molecule has 0 aromatic rings. The Morgan fingerprint density at radius 3 is 2.14 bits per heavy atom. The van der Waals surface area contributed by atoms with Gasteiger partial charge in [0.2, 0.25) is 0 Å². The van der Waals surface area contributed by atoms with Gasteiger partial charge in [-0.05, 0) is 106 Å². The summed E-state index contributed by atoms with van der Waals surface area (Å²) in [6.45, 7) is 16.9. The Balaban J connectivity index is 1.41. The number of hydrogen-bond acceptors (Lipinski definition) is 12. The number of ether oxygens (including phenoxy) is 3. The van der Waals surface area contributed by atoms with Crippen LogP contribution in [0.4, 0.5) is 0 Å². The van der Waals surface area contributed by atoms with Crippen molar-refractivity contribution in [3.05, 3.63) is 12.2 Å². The fourth-order valence-electron chi connectivity index (χ4n) is 12.2. The number of aliphatic hydroxyl groups excluding tert-OH is 5. The molecule has 0 aromatic carbocycles. The Hall–Kier alpha value is -1.19. The van der Waals surface area contributed by atoms with E-state index >= 15 is 0 Å². The van der Waals surface area contributed by atoms with E-state index in [2.05, 4.69) is 25.7 Å². The van der Waals surface area contributed by atoms with Crippen molar-refractivity contribution < 1.29 is 59.8 Å². The maximum atomic E-state index is 12.2. The average molecular weight is 713 g/mol. The summed E-state index contributed by atoms with van der Waals surface area (Å²) < 4.78 is 17.6. The van der Waals surface area contributed by atoms with E-state index in [-0.39, 0.29) is 34.5 Å². The average Bonchev–Trinajstić information content (AvgIpc) is 3.40. The Labute approximate surface area is 297 Å². The van der Waals surface area contributed by atoms with Gasteiger partial charge in [-0.2, -0.15) is 0 Å². The van der Waals surface area contributed by atoms with Crippen LogP contribution in [0.3, 0.4) is 0 Å². The van der Waals surface area contributed by atoms with Gasteiger partial charge in [-0.1, -0.05) is 46.8 Å². The lowest BCUT2D eigenvalue weighted by Gasteiger charge is -2.71. The van der Waals surface area contributed by atoms with Gasteiger partial charge in [-0.25, -0.2) is 4.89 Å². The molecule has 50 heavy (non-hydrogen) atoms. The second-order valence-corrected chi connectivity index (χ2v) is 18.4. The van der Waals surface area contributed by atoms with E-state index in [1.54, 1.807) is 19.9 Å². The van der Waals surface area contributed by atoms with Gasteiger partial charge < -0.3 is 44.8 Å². The first-order valence-electron chi connectivity index (χ1n) is 18.6. The van der Waals surface area contributed by atoms with Gasteiger partial charge in [-0.3, -0.25) is 10.1 Å². The fraction of sp³-hybridized carbons (Fsp3) is 0.921. The zero-order valence-electron chi connectivity index (χ0n) is 31.4. The van der Waals surface area contributed by atoms with Crippen molar-refractivity contribution in [2.45, 2.75) is 167 Å². The molecule has 1 aliphatic heterocycles. The third-order valence-electron chi connectivity index (χ3n) is 15.0. The molecule has 0 bridgehead atoms. The lowest BCUT2D eigenvalue weighted by Crippen LogP contribution is -2.73. The van der Waals surface area contributed by atoms with Crippen LogP contribution < -0.4 is 0 Å². The lowest BCUT2D eigenvalue weighted by atomic mass is 9.34. The van der Waals surface area contributed by atoms with Gasteiger partial charge in [0.15, 0.2) is 12.4 Å². The van der Waals surface area contributed by atoms with Crippen LogP contribution in [0.5, 0.6) is 0 Å². The molecule has 0 radical (unpaired) electrons. The highest BCUT2D eigenvalue weighted by molar-refractivity contribution is 5.66. The number of aliphatic hydroxyl groups is 6. The molecule has 288 valence electrons. The highest BCUT2D eigenvalue weighted by atomic mass is 17.1. The van der Waals surface area contributed by atoms with E-state index in [0.717, 1.165) is 45.4 Å². The van der Waals surface area contributed by atoms with Gasteiger partial charge in [0.1, 0.15) is 30.0 Å². The van der Waals surface area contributed by atoms with Gasteiger partial charge >= 0.3 is 5.97 Å². The third kappa shape index (κ3) is 6.21. The summed E-state index contributed by atoms with van der Waals surface area (Å²) in [7, 11) is 0. The van der Waals surface area contributed by atoms with E-state index < -0.39 is 83.6 Å². The minimum Gasteiger partial charge on any atom is -0.454 e. The van der Waals surface area contributed by atoms with E-state index in [0.29, 0.717) is 6.42 Å². The maximum absolute atomic E-state index is 12.2. The second kappa shape index (κ2) is 13.6. The monoisotopic (exact) mass is 712 g/mol. The van der Waals surface area contributed by atoms with Crippen LogP contribution in [0, 0.1) is 45.3 Å². The Morgan fingerprint density at radius 2 is 1.54 bits per heavy atom. The molecule has 5 aliphatic rings. The maximum Gasteiger partial charge on any atom is 0.303 e. The molecular formula is C38H64O12. The molecule has 4 saturated carbocycles. The highest BCUT2D eigenvalue weighted by Crippen LogP contribution is 2.76. The van der Waals surface area contributed by atoms with E-state index in [9.17, 15) is 40.7 Å². The standard InChI is InChI=1S/C38H64O12/c1-20(40)47-29-27(42)26(41)23(19-39)48-32(29)49-31-28(43)30(44)38(9)24(34(31,4)5)14-18-36(7)25(38)12-11-21-22(13-17-35(21,36)6)37(8,45)16-10-15-33(2,3)50-46/h10,15,21-32,39,41-46H,11-14,16-19H2,1-9H3/b15-10+/t21-,22+,23-,24+,25+,26-,27+,28-,29-,30-,31+,32+,35-,36-,37-,38+/m1/s1. The molecule has 16 atom stereocenters. The van der Waals surface area contributed by atoms with Crippen LogP contribution in [0.1, 0.15) is 107 Å². The number of rotatable bonds is 9. The minimum atomic E-state index is -1.60. The van der Waals surface area contributed by atoms with Crippen LogP contribution >= 0.6 is 0 Å². The van der Waals surface area contributed by atoms with Crippen molar-refractivity contribution in [1.29, 1.82) is 0 Å². The fourth-order valence-corrected chi connectivity index (χ4v) is 12.2. The second-order valence-electron chi connectivity index (χ2n) is 18.4. The molecule has 12 heteroatoms. The first-order valence-corrected chi connectivity index (χ1v) is 18.6. The first-order chi connectivity index (χ1) is 23.0. The quantitative estimate of drug-likeness (QED) is 0.0607. The van der Waals surface area contributed by atoms with Gasteiger partial charge in [-0.15, -0.1) is 0 Å². The Bertz CT molecular complexity index is 1270. The van der Waals surface area contributed by atoms with Crippen molar-refractivity contribution in [3.63, 3.8) is 0 Å². The van der Waals surface area contributed by atoms with Crippen LogP contribution in [-0.4, -0.2) is 109 Å². The molecule has 1 heterocycles. The minimum absolute atomic E-state index is 0.0708. The zero-order valence-corrected chi connectivity index (χ0v) is 31.4. The lowest BCUT2D eigenvalue weighted by molar-refractivity contribution is -0.355. The predicted molar refractivity (Wildman–Crippen MR) is 182 cm³/mol. The van der Waals surface area contributed by atoms with Crippen molar-refractivity contribution >= 4 is 5.97 Å². The van der Waals surface area contributed by atoms with E-state index in [4.69, 9.17) is 14.2 Å². The predicted octanol–water partition coefficient (Wildman–Crippen LogP) is 3.33. The molecule has 0 aromatic heterocycles. The molecule has 5 fully saturated rings. The molecule has 1 saturated heterocycles. The molecule has 5 rings (SSSR count). The van der Waals surface area contributed by atoms with E-state index in [1.807, 2.05) is 26.8 Å². The SMILES string of the molecule is CC(=O)O[C@H]1[C@H](O[C@H]2[C@H](O)[C@@H](O)[C@]3(C)[C@H]4CC[C@@H]5[C@@H]([C@](C)(O)C/C=C/C(C)(C)OO)CC[C@@]5(C)[C@]4(C)CC[C@H]3C2(C)C)O[C@H](CO)[C@@H](O)[C@@H]1O. The summed E-state index contributed by atoms with van der Waals surface area (Å²) in [5, 5.41) is 76.5. The smallest absolute Gasteiger partial charge is 0.303 e. The molecule has 0 amide bonds. The van der Waals surface area contributed by atoms with Crippen LogP contribution in [-0.2, 0) is 23.9 Å². The highest BCUT2D eigenvalue weighted by Gasteiger charge is 2.73. The van der Waals surface area contributed by atoms with Crippen LogP contribution in [0.15, 0.2) is 12.2 Å². The summed E-state index contributed by atoms with van der Waals surface area (Å²) in [5.41, 5.74) is -3.49. The van der Waals surface area contributed by atoms with Crippen molar-refractivity contribution in [2.75, 3.05) is 6.61 Å². The topological polar surface area (TPSA) is 196 Å². The summed E-state index contributed by atoms with van der Waals surface area (Å²) in [6, 6.07) is 0. The molecular weight excluding hydrogens is 648 g/mol. The normalized spacial score (nSPS) is 48.7. The van der Waals surface area contributed by atoms with Gasteiger partial charge in [0.05, 0.1) is 24.4 Å². The summed E-state index contributed by atoms with van der Waals surface area (Å²) >= 11 is 0. The molecule has 0 spiro atoms. The summed E-state index contributed by atoms with van der Waals surface area (Å²) in [6.07, 6.45) is -1.34. The number of carbonyl (C=O) groups excluding carboxylic acids is 1. The summed E-state index contributed by atoms with van der Waals surface area (Å²) in [4.78, 5) is 16.5. The van der Waals surface area contributed by atoms with Crippen molar-refractivity contribution in [2.24, 2.45) is 45.3 Å². The van der Waals surface area contributed by atoms with Crippen LogP contribution in [0.2, 0.25) is 0 Å². The van der Waals surface area contributed by atoms with Gasteiger partial charge in [0, 0.05) is 12.3 Å². The van der Waals surface area contributed by atoms with Gasteiger partial charge in [0.25, 0.3) is 0 Å². The van der Waals surface area contributed by atoms with Crippen LogP contribution in [0.25, 0.3) is 0 Å².